The van der Waals surface area contributed by atoms with Crippen LogP contribution in [0.5, 0.6) is 0 Å². The van der Waals surface area contributed by atoms with E-state index in [0.29, 0.717) is 18.4 Å². The van der Waals surface area contributed by atoms with E-state index in [0.717, 1.165) is 6.42 Å². The Hall–Kier alpha value is -1.85. The van der Waals surface area contributed by atoms with Gasteiger partial charge in [0.05, 0.1) is 0 Å². The molecule has 2 aromatic carbocycles. The lowest BCUT2D eigenvalue weighted by Crippen LogP contribution is -2.48. The molecule has 2 bridgehead atoms. The van der Waals surface area contributed by atoms with E-state index >= 15 is 0 Å². The van der Waals surface area contributed by atoms with E-state index in [4.69, 9.17) is 0 Å². The van der Waals surface area contributed by atoms with Gasteiger partial charge in [-0.1, -0.05) is 77.8 Å². The summed E-state index contributed by atoms with van der Waals surface area (Å²) in [7, 11) is 0. The van der Waals surface area contributed by atoms with Crippen LogP contribution in [0, 0.1) is 25.0 Å². The summed E-state index contributed by atoms with van der Waals surface area (Å²) < 4.78 is 0. The number of hydrogen-bond acceptors (Lipinski definition) is 1. The molecule has 0 saturated carbocycles. The largest absolute Gasteiger partial charge is 0.233 e. The molecule has 4 rings (SSSR count). The van der Waals surface area contributed by atoms with Crippen LogP contribution in [0.15, 0.2) is 63.4 Å². The highest BCUT2D eigenvalue weighted by atomic mass is 32.2. The van der Waals surface area contributed by atoms with Gasteiger partial charge in [0.15, 0.2) is 0 Å². The van der Waals surface area contributed by atoms with Gasteiger partial charge in [0.2, 0.25) is 6.71 Å². The third-order valence-electron chi connectivity index (χ3n) is 5.63. The second kappa shape index (κ2) is 6.47. The molecule has 2 heteroatoms. The van der Waals surface area contributed by atoms with Gasteiger partial charge < -0.3 is 0 Å². The van der Waals surface area contributed by atoms with Crippen molar-refractivity contribution in [2.75, 3.05) is 0 Å². The van der Waals surface area contributed by atoms with Crippen LogP contribution < -0.4 is 10.9 Å². The van der Waals surface area contributed by atoms with E-state index in [1.54, 1.807) is 10.5 Å². The van der Waals surface area contributed by atoms with E-state index < -0.39 is 0 Å². The van der Waals surface area contributed by atoms with Crippen LogP contribution in [0.2, 0.25) is 5.82 Å². The molecule has 124 valence electrons. The topological polar surface area (TPSA) is 0 Å². The van der Waals surface area contributed by atoms with Crippen LogP contribution in [0.25, 0.3) is 0 Å². The average Bonchev–Trinajstić information content (AvgIpc) is 2.77. The number of thioether (sulfide) groups is 1. The maximum atomic E-state index is 3.47. The van der Waals surface area contributed by atoms with Crippen LogP contribution in [0.3, 0.4) is 0 Å². The zero-order valence-electron chi connectivity index (χ0n) is 15.4. The molecule has 2 aromatic rings. The van der Waals surface area contributed by atoms with Crippen molar-refractivity contribution < 1.29 is 0 Å². The fourth-order valence-electron chi connectivity index (χ4n) is 4.48. The van der Waals surface area contributed by atoms with Crippen LogP contribution >= 0.6 is 11.8 Å². The second-order valence-corrected chi connectivity index (χ2v) is 8.63. The van der Waals surface area contributed by atoms with Crippen molar-refractivity contribution in [2.24, 2.45) is 5.92 Å². The van der Waals surface area contributed by atoms with Gasteiger partial charge in [0, 0.05) is 4.90 Å². The average molecular weight is 342 g/mol. The summed E-state index contributed by atoms with van der Waals surface area (Å²) in [6.45, 7) is 9.54. The van der Waals surface area contributed by atoms with E-state index in [1.165, 1.54) is 27.0 Å². The molecule has 0 N–H and O–H groups in total. The van der Waals surface area contributed by atoms with Crippen molar-refractivity contribution in [3.8, 4) is 0 Å². The Morgan fingerprint density at radius 1 is 1.12 bits per heavy atom. The molecular weight excluding hydrogens is 319 g/mol. The van der Waals surface area contributed by atoms with Crippen LogP contribution in [0.4, 0.5) is 0 Å². The van der Waals surface area contributed by atoms with E-state index in [-0.39, 0.29) is 0 Å². The summed E-state index contributed by atoms with van der Waals surface area (Å²) in [6.07, 6.45) is 3.64. The molecule has 1 aliphatic carbocycles. The molecule has 1 heterocycles. The molecule has 0 saturated heterocycles. The van der Waals surface area contributed by atoms with E-state index in [2.05, 4.69) is 76.2 Å². The fraction of sp³-hybridized carbons (Fsp3) is 0.304. The highest BCUT2D eigenvalue weighted by molar-refractivity contribution is 8.03. The highest BCUT2D eigenvalue weighted by Crippen LogP contribution is 2.46. The zero-order valence-corrected chi connectivity index (χ0v) is 16.2. The van der Waals surface area contributed by atoms with Crippen LogP contribution in [-0.4, -0.2) is 6.71 Å². The predicted molar refractivity (Wildman–Crippen MR) is 110 cm³/mol. The molecule has 0 fully saturated rings. The minimum atomic E-state index is 0.320. The van der Waals surface area contributed by atoms with Crippen molar-refractivity contribution >= 4 is 29.4 Å². The lowest BCUT2D eigenvalue weighted by Gasteiger charge is -2.26. The van der Waals surface area contributed by atoms with E-state index in [9.17, 15) is 0 Å². The Balaban J connectivity index is 2.01. The first-order valence-electron chi connectivity index (χ1n) is 9.10. The maximum absolute atomic E-state index is 3.47. The monoisotopic (exact) mass is 342 g/mol. The summed E-state index contributed by atoms with van der Waals surface area (Å²) in [5.41, 5.74) is 7.08. The van der Waals surface area contributed by atoms with Gasteiger partial charge in [-0.25, -0.2) is 0 Å². The first-order valence-corrected chi connectivity index (χ1v) is 9.91. The predicted octanol–water partition coefficient (Wildman–Crippen LogP) is 4.94. The summed E-state index contributed by atoms with van der Waals surface area (Å²) >= 11 is 1.99. The van der Waals surface area contributed by atoms with Gasteiger partial charge in [0.1, 0.15) is 0 Å². The minimum Gasteiger partial charge on any atom is -0.0951 e. The zero-order chi connectivity index (χ0) is 17.6. The molecule has 1 unspecified atom stereocenters. The quantitative estimate of drug-likeness (QED) is 0.522. The number of allylic oxidation sites excluding steroid dienone is 4. The van der Waals surface area contributed by atoms with Gasteiger partial charge in [0.25, 0.3) is 0 Å². The van der Waals surface area contributed by atoms with Crippen LogP contribution in [-0.2, 0) is 0 Å². The summed E-state index contributed by atoms with van der Waals surface area (Å²) in [5.74, 6) is 1.02. The Labute approximate surface area is 156 Å². The molecule has 0 spiro atoms. The summed E-state index contributed by atoms with van der Waals surface area (Å²) in [5, 5.41) is 0. The molecule has 2 aliphatic rings. The van der Waals surface area contributed by atoms with Crippen LogP contribution in [0.1, 0.15) is 32.8 Å². The van der Waals surface area contributed by atoms with Crippen molar-refractivity contribution in [3.05, 3.63) is 76.2 Å². The number of benzene rings is 1. The normalized spacial score (nSPS) is 22.6. The molecule has 1 aliphatic heterocycles. The van der Waals surface area contributed by atoms with Crippen molar-refractivity contribution in [1.82, 2.24) is 0 Å². The lowest BCUT2D eigenvalue weighted by molar-refractivity contribution is 0.735. The van der Waals surface area contributed by atoms with Gasteiger partial charge in [-0.3, -0.25) is 0 Å². The third-order valence-corrected chi connectivity index (χ3v) is 6.96. The second-order valence-electron chi connectivity index (χ2n) is 7.49. The van der Waals surface area contributed by atoms with Gasteiger partial charge in [-0.15, -0.1) is 0 Å². The Morgan fingerprint density at radius 3 is 2.72 bits per heavy atom. The number of hydrogen-bond donors (Lipinski definition) is 0. The lowest BCUT2D eigenvalue weighted by atomic mass is 9.31. The molecule has 0 nitrogen and oxygen atoms in total. The first kappa shape index (κ1) is 16.6. The number of rotatable bonds is 1. The first-order chi connectivity index (χ1) is 12.1. The Kier molecular flexibility index (Phi) is 4.30. The van der Waals surface area contributed by atoms with Gasteiger partial charge in [-0.05, 0) is 67.0 Å². The van der Waals surface area contributed by atoms with Gasteiger partial charge in [-0.2, -0.15) is 0 Å². The fourth-order valence-corrected chi connectivity index (χ4v) is 5.84. The van der Waals surface area contributed by atoms with Crippen molar-refractivity contribution in [3.63, 3.8) is 0 Å². The van der Waals surface area contributed by atoms with Gasteiger partial charge >= 0.3 is 0 Å². The SMILES string of the molecule is CC1=CC(C)CC2=C(C)[C@@H]1B(c1c#cccc1C)c1ccccc1S2. The summed E-state index contributed by atoms with van der Waals surface area (Å²) in [4.78, 5) is 2.96. The van der Waals surface area contributed by atoms with E-state index in [1.807, 2.05) is 17.8 Å². The smallest absolute Gasteiger partial charge is 0.0951 e. The molecule has 2 atom stereocenters. The van der Waals surface area contributed by atoms with Crippen molar-refractivity contribution in [2.45, 2.75) is 44.8 Å². The maximum Gasteiger partial charge on any atom is 0.233 e. The molecule has 0 radical (unpaired) electrons. The third kappa shape index (κ3) is 2.85. The summed E-state index contributed by atoms with van der Waals surface area (Å²) in [6, 6.07) is 19.8. The molecule has 0 amide bonds. The van der Waals surface area contributed by atoms with Crippen molar-refractivity contribution in [1.29, 1.82) is 0 Å². The molecular formula is C23H23BS. The number of fused-ring (bicyclic) bond motifs is 2. The molecule has 0 aromatic heterocycles. The standard InChI is InChI=1S/C23H23BS/c1-15-13-17(3)23-18(4)22(14-15)25-21-12-8-7-11-20(21)24(23)19-10-6-5-9-16(19)2/h5,7-9,11-13,15,23H,14H2,1-4H3/t15?,23-/m1/s1. The Bertz CT molecular complexity index is 877. The minimum absolute atomic E-state index is 0.320. The Morgan fingerprint density at radius 2 is 1.92 bits per heavy atom. The molecule has 25 heavy (non-hydrogen) atoms. The number of aryl methyl sites for hydroxylation is 1. The highest BCUT2D eigenvalue weighted by Gasteiger charge is 2.39.